The third-order valence-electron chi connectivity index (χ3n) is 5.30. The van der Waals surface area contributed by atoms with Gasteiger partial charge in [0.05, 0.1) is 24.8 Å². The molecule has 0 amide bonds. The highest BCUT2D eigenvalue weighted by Crippen LogP contribution is 2.21. The summed E-state index contributed by atoms with van der Waals surface area (Å²) in [4.78, 5) is 24.2. The maximum absolute atomic E-state index is 13.0. The van der Waals surface area contributed by atoms with Crippen molar-refractivity contribution in [2.45, 2.75) is 26.2 Å². The quantitative estimate of drug-likeness (QED) is 0.574. The zero-order valence-electron chi connectivity index (χ0n) is 16.9. The third kappa shape index (κ3) is 4.10. The number of pyridine rings is 1. The smallest absolute Gasteiger partial charge is 0.266 e. The van der Waals surface area contributed by atoms with Gasteiger partial charge < -0.3 is 14.4 Å². The molecular weight excluding hydrogens is 368 g/mol. The lowest BCUT2D eigenvalue weighted by Crippen LogP contribution is -2.22. The fraction of sp³-hybridized carbons (Fsp3) is 0.409. The Morgan fingerprint density at radius 3 is 2.59 bits per heavy atom. The van der Waals surface area contributed by atoms with Crippen molar-refractivity contribution in [3.8, 4) is 17.3 Å². The molecule has 0 aliphatic carbocycles. The molecule has 1 aliphatic rings. The van der Waals surface area contributed by atoms with Gasteiger partial charge in [-0.1, -0.05) is 0 Å². The third-order valence-corrected chi connectivity index (χ3v) is 5.30. The van der Waals surface area contributed by atoms with Gasteiger partial charge >= 0.3 is 0 Å². The highest BCUT2D eigenvalue weighted by molar-refractivity contribution is 5.82. The minimum absolute atomic E-state index is 0.146. The van der Waals surface area contributed by atoms with Gasteiger partial charge in [0.1, 0.15) is 17.1 Å². The summed E-state index contributed by atoms with van der Waals surface area (Å²) in [5, 5.41) is 0.477. The van der Waals surface area contributed by atoms with Crippen LogP contribution in [0.2, 0.25) is 0 Å². The Labute approximate surface area is 169 Å². The van der Waals surface area contributed by atoms with E-state index in [2.05, 4.69) is 14.9 Å². The molecule has 7 heteroatoms. The van der Waals surface area contributed by atoms with E-state index in [1.165, 1.54) is 33.0 Å². The summed E-state index contributed by atoms with van der Waals surface area (Å²) in [6, 6.07) is 9.23. The number of ether oxygens (including phenoxy) is 2. The number of fused-ring (bicyclic) bond motifs is 1. The second kappa shape index (κ2) is 8.61. The molecule has 3 aromatic rings. The van der Waals surface area contributed by atoms with Gasteiger partial charge in [-0.3, -0.25) is 9.36 Å². The molecule has 1 aromatic carbocycles. The standard InChI is InChI=1S/C22H26N4O3/c1-16-24-20-19(10-11-23-21(20)28-2)22(27)26(16)17-6-8-18(9-7-17)29-15-5-14-25-12-3-4-13-25/h6-11H,3-5,12-15H2,1-2H3. The molecule has 0 N–H and O–H groups in total. The molecule has 0 spiro atoms. The molecule has 3 heterocycles. The number of hydrogen-bond acceptors (Lipinski definition) is 6. The van der Waals surface area contributed by atoms with Gasteiger partial charge in [0.15, 0.2) is 0 Å². The van der Waals surface area contributed by atoms with Gasteiger partial charge in [-0.05, 0) is 69.6 Å². The van der Waals surface area contributed by atoms with Gasteiger partial charge in [-0.15, -0.1) is 0 Å². The summed E-state index contributed by atoms with van der Waals surface area (Å²) in [6.07, 6.45) is 5.20. The van der Waals surface area contributed by atoms with E-state index in [-0.39, 0.29) is 5.56 Å². The van der Waals surface area contributed by atoms with Crippen LogP contribution in [0.3, 0.4) is 0 Å². The van der Waals surface area contributed by atoms with Crippen LogP contribution in [0.1, 0.15) is 25.1 Å². The molecule has 2 aromatic heterocycles. The Morgan fingerprint density at radius 1 is 1.10 bits per heavy atom. The van der Waals surface area contributed by atoms with Crippen LogP contribution in [0, 0.1) is 6.92 Å². The molecule has 0 radical (unpaired) electrons. The van der Waals surface area contributed by atoms with Crippen LogP contribution < -0.4 is 15.0 Å². The maximum atomic E-state index is 13.0. The largest absolute Gasteiger partial charge is 0.494 e. The summed E-state index contributed by atoms with van der Waals surface area (Å²) < 4.78 is 12.7. The first-order valence-electron chi connectivity index (χ1n) is 10.1. The summed E-state index contributed by atoms with van der Waals surface area (Å²) in [7, 11) is 1.52. The van der Waals surface area contributed by atoms with E-state index in [1.807, 2.05) is 24.3 Å². The van der Waals surface area contributed by atoms with Crippen molar-refractivity contribution >= 4 is 10.9 Å². The number of methoxy groups -OCH3 is 1. The van der Waals surface area contributed by atoms with Crippen LogP contribution >= 0.6 is 0 Å². The van der Waals surface area contributed by atoms with Crippen molar-refractivity contribution in [2.75, 3.05) is 33.4 Å². The summed E-state index contributed by atoms with van der Waals surface area (Å²) in [6.45, 7) is 6.01. The molecule has 1 fully saturated rings. The lowest BCUT2D eigenvalue weighted by atomic mass is 10.2. The Balaban J connectivity index is 1.50. The molecule has 0 bridgehead atoms. The van der Waals surface area contributed by atoms with Crippen molar-refractivity contribution in [1.29, 1.82) is 0 Å². The number of hydrogen-bond donors (Lipinski definition) is 0. The van der Waals surface area contributed by atoms with Crippen LogP contribution in [0.4, 0.5) is 0 Å². The predicted octanol–water partition coefficient (Wildman–Crippen LogP) is 2.96. The minimum atomic E-state index is -0.146. The average molecular weight is 394 g/mol. The van der Waals surface area contributed by atoms with E-state index < -0.39 is 0 Å². The summed E-state index contributed by atoms with van der Waals surface area (Å²) >= 11 is 0. The normalized spacial score (nSPS) is 14.4. The van der Waals surface area contributed by atoms with E-state index >= 15 is 0 Å². The Morgan fingerprint density at radius 2 is 1.86 bits per heavy atom. The topological polar surface area (TPSA) is 69.5 Å². The molecule has 7 nitrogen and oxygen atoms in total. The summed E-state index contributed by atoms with van der Waals surface area (Å²) in [5.74, 6) is 1.74. The van der Waals surface area contributed by atoms with Crippen molar-refractivity contribution in [2.24, 2.45) is 0 Å². The monoisotopic (exact) mass is 394 g/mol. The molecule has 0 unspecified atom stereocenters. The van der Waals surface area contributed by atoms with Crippen LogP contribution in [-0.2, 0) is 0 Å². The molecule has 0 saturated carbocycles. The fourth-order valence-electron chi connectivity index (χ4n) is 3.82. The van der Waals surface area contributed by atoms with Gasteiger partial charge in [-0.25, -0.2) is 9.97 Å². The van der Waals surface area contributed by atoms with Gasteiger partial charge in [0, 0.05) is 12.7 Å². The van der Waals surface area contributed by atoms with Crippen LogP contribution in [0.5, 0.6) is 11.6 Å². The van der Waals surface area contributed by atoms with Crippen LogP contribution in [0.25, 0.3) is 16.6 Å². The molecule has 4 rings (SSSR count). The van der Waals surface area contributed by atoms with Gasteiger partial charge in [0.25, 0.3) is 5.56 Å². The Hall–Kier alpha value is -2.93. The van der Waals surface area contributed by atoms with E-state index in [4.69, 9.17) is 9.47 Å². The molecule has 152 valence electrons. The van der Waals surface area contributed by atoms with Crippen molar-refractivity contribution in [3.63, 3.8) is 0 Å². The van der Waals surface area contributed by atoms with Crippen molar-refractivity contribution < 1.29 is 9.47 Å². The van der Waals surface area contributed by atoms with E-state index in [1.54, 1.807) is 23.8 Å². The first-order valence-corrected chi connectivity index (χ1v) is 10.1. The van der Waals surface area contributed by atoms with Crippen molar-refractivity contribution in [3.05, 3.63) is 52.7 Å². The lowest BCUT2D eigenvalue weighted by molar-refractivity contribution is 0.263. The lowest BCUT2D eigenvalue weighted by Gasteiger charge is -2.15. The Kier molecular flexibility index (Phi) is 5.76. The second-order valence-electron chi connectivity index (χ2n) is 7.26. The van der Waals surface area contributed by atoms with Crippen LogP contribution in [0.15, 0.2) is 41.3 Å². The van der Waals surface area contributed by atoms with Crippen LogP contribution in [-0.4, -0.2) is 52.8 Å². The average Bonchev–Trinajstić information content (AvgIpc) is 3.25. The number of rotatable bonds is 7. The van der Waals surface area contributed by atoms with Gasteiger partial charge in [0.2, 0.25) is 5.88 Å². The molecule has 0 atom stereocenters. The highest BCUT2D eigenvalue weighted by Gasteiger charge is 2.14. The predicted molar refractivity (Wildman–Crippen MR) is 112 cm³/mol. The highest BCUT2D eigenvalue weighted by atomic mass is 16.5. The van der Waals surface area contributed by atoms with Gasteiger partial charge in [-0.2, -0.15) is 0 Å². The number of aromatic nitrogens is 3. The van der Waals surface area contributed by atoms with E-state index in [9.17, 15) is 4.79 Å². The first-order chi connectivity index (χ1) is 14.2. The molecule has 1 saturated heterocycles. The number of nitrogens with zero attached hydrogens (tertiary/aromatic N) is 4. The number of benzene rings is 1. The Bertz CT molecular complexity index is 1040. The minimum Gasteiger partial charge on any atom is -0.494 e. The summed E-state index contributed by atoms with van der Waals surface area (Å²) in [5.41, 5.74) is 1.08. The first kappa shape index (κ1) is 19.4. The number of likely N-dealkylation sites (tertiary alicyclic amines) is 1. The second-order valence-corrected chi connectivity index (χ2v) is 7.26. The van der Waals surface area contributed by atoms with E-state index in [0.29, 0.717) is 29.2 Å². The molecule has 1 aliphatic heterocycles. The SMILES string of the molecule is COc1nccc2c(=O)n(-c3ccc(OCCCN4CCCC4)cc3)c(C)nc12. The van der Waals surface area contributed by atoms with Crippen molar-refractivity contribution in [1.82, 2.24) is 19.4 Å². The molecule has 29 heavy (non-hydrogen) atoms. The van der Waals surface area contributed by atoms with E-state index in [0.717, 1.165) is 24.4 Å². The fourth-order valence-corrected chi connectivity index (χ4v) is 3.82. The zero-order chi connectivity index (χ0) is 20.2. The number of aryl methyl sites for hydroxylation is 1. The zero-order valence-corrected chi connectivity index (χ0v) is 16.9. The molecular formula is C22H26N4O3. The maximum Gasteiger partial charge on any atom is 0.266 e.